The van der Waals surface area contributed by atoms with Crippen LogP contribution in [0.1, 0.15) is 72.1 Å². The van der Waals surface area contributed by atoms with Crippen molar-refractivity contribution in [3.8, 4) is 0 Å². The van der Waals surface area contributed by atoms with Gasteiger partial charge in [-0.15, -0.1) is 0 Å². The molecule has 0 saturated heterocycles. The number of carbonyl (C=O) groups excluding carboxylic acids is 1. The highest BCUT2D eigenvalue weighted by atomic mass is 16.1. The lowest BCUT2D eigenvalue weighted by atomic mass is 9.45. The van der Waals surface area contributed by atoms with E-state index in [1.165, 1.54) is 50.5 Å². The molecule has 0 radical (unpaired) electrons. The summed E-state index contributed by atoms with van der Waals surface area (Å²) in [7, 11) is 4.52. The fraction of sp³-hybridized carbons (Fsp3) is 0.870. The van der Waals surface area contributed by atoms with Crippen LogP contribution in [0.25, 0.3) is 0 Å². The van der Waals surface area contributed by atoms with E-state index in [1.807, 2.05) is 0 Å². The Morgan fingerprint density at radius 2 is 1.80 bits per heavy atom. The van der Waals surface area contributed by atoms with E-state index in [9.17, 15) is 4.79 Å². The zero-order chi connectivity index (χ0) is 18.0. The van der Waals surface area contributed by atoms with Gasteiger partial charge >= 0.3 is 0 Å². The Hall–Kier alpha value is -0.630. The zero-order valence-corrected chi connectivity index (χ0v) is 17.0. The summed E-state index contributed by atoms with van der Waals surface area (Å²) < 4.78 is 0. The molecule has 4 rings (SSSR count). The lowest BCUT2D eigenvalue weighted by Gasteiger charge is -2.61. The molecule has 0 N–H and O–H groups in total. The van der Waals surface area contributed by atoms with Gasteiger partial charge in [0, 0.05) is 12.5 Å². The summed E-state index contributed by atoms with van der Waals surface area (Å²) in [6, 6.07) is 0.783. The molecule has 0 aliphatic heterocycles. The number of rotatable bonds is 1. The van der Waals surface area contributed by atoms with Crippen molar-refractivity contribution in [2.45, 2.75) is 78.2 Å². The van der Waals surface area contributed by atoms with Gasteiger partial charge in [0.25, 0.3) is 0 Å². The van der Waals surface area contributed by atoms with Crippen LogP contribution >= 0.6 is 0 Å². The molecule has 4 aliphatic rings. The van der Waals surface area contributed by atoms with Crippen LogP contribution in [0.4, 0.5) is 0 Å². The maximum absolute atomic E-state index is 12.7. The summed E-state index contributed by atoms with van der Waals surface area (Å²) in [6.07, 6.45) is 12.5. The minimum Gasteiger partial charge on any atom is -0.306 e. The first-order valence-corrected chi connectivity index (χ1v) is 10.7. The quantitative estimate of drug-likeness (QED) is 0.618. The summed E-state index contributed by atoms with van der Waals surface area (Å²) >= 11 is 0. The Balaban J connectivity index is 1.61. The van der Waals surface area contributed by atoms with Crippen LogP contribution in [0.15, 0.2) is 11.6 Å². The highest BCUT2D eigenvalue weighted by Gasteiger charge is 2.60. The molecule has 25 heavy (non-hydrogen) atoms. The van der Waals surface area contributed by atoms with Crippen LogP contribution < -0.4 is 0 Å². The summed E-state index contributed by atoms with van der Waals surface area (Å²) in [5.41, 5.74) is 1.87. The van der Waals surface area contributed by atoms with Gasteiger partial charge in [0.1, 0.15) is 0 Å². The van der Waals surface area contributed by atoms with E-state index in [4.69, 9.17) is 0 Å². The topological polar surface area (TPSA) is 20.3 Å². The average molecular weight is 344 g/mol. The lowest BCUT2D eigenvalue weighted by Crippen LogP contribution is -2.54. The van der Waals surface area contributed by atoms with Gasteiger partial charge in [0.05, 0.1) is 0 Å². The summed E-state index contributed by atoms with van der Waals surface area (Å²) in [5, 5.41) is 0. The molecule has 0 spiro atoms. The third kappa shape index (κ3) is 2.42. The van der Waals surface area contributed by atoms with Crippen molar-refractivity contribution in [1.82, 2.24) is 4.90 Å². The molecule has 0 heterocycles. The maximum Gasteiger partial charge on any atom is 0.159 e. The van der Waals surface area contributed by atoms with Crippen molar-refractivity contribution in [3.63, 3.8) is 0 Å². The number of nitrogens with zero attached hydrogens (tertiary/aromatic N) is 1. The fourth-order valence-corrected chi connectivity index (χ4v) is 7.85. The van der Waals surface area contributed by atoms with E-state index in [-0.39, 0.29) is 5.41 Å². The van der Waals surface area contributed by atoms with E-state index in [2.05, 4.69) is 45.8 Å². The normalized spacial score (nSPS) is 51.4. The number of ketones is 1. The number of Topliss-reactive ketones (excluding diaryl/α,β-unsaturated/α-hetero) is 1. The van der Waals surface area contributed by atoms with Crippen LogP contribution in [0.5, 0.6) is 0 Å². The monoisotopic (exact) mass is 343 g/mol. The smallest absolute Gasteiger partial charge is 0.159 e. The van der Waals surface area contributed by atoms with Gasteiger partial charge in [-0.3, -0.25) is 4.79 Å². The second kappa shape index (κ2) is 5.94. The first kappa shape index (κ1) is 17.8. The first-order chi connectivity index (χ1) is 11.8. The van der Waals surface area contributed by atoms with Gasteiger partial charge in [0.15, 0.2) is 5.78 Å². The minimum absolute atomic E-state index is 0.178. The number of hydrogen-bond acceptors (Lipinski definition) is 2. The molecule has 4 aliphatic carbocycles. The molecule has 0 aromatic heterocycles. The van der Waals surface area contributed by atoms with Gasteiger partial charge in [-0.25, -0.2) is 0 Å². The molecular weight excluding hydrogens is 306 g/mol. The molecular formula is C23H37NO. The molecule has 140 valence electrons. The van der Waals surface area contributed by atoms with Gasteiger partial charge < -0.3 is 4.90 Å². The molecule has 7 atom stereocenters. The Morgan fingerprint density at radius 3 is 2.48 bits per heavy atom. The molecule has 4 fully saturated rings. The molecule has 0 aromatic rings. The molecule has 2 heteroatoms. The van der Waals surface area contributed by atoms with Crippen molar-refractivity contribution >= 4 is 5.78 Å². The second-order valence-electron chi connectivity index (χ2n) is 10.3. The van der Waals surface area contributed by atoms with E-state index >= 15 is 0 Å². The predicted octanol–water partition coefficient (Wildman–Crippen LogP) is 5.08. The molecule has 0 amide bonds. The first-order valence-electron chi connectivity index (χ1n) is 10.7. The standard InChI is InChI=1S/C23H37NO/c1-6-18-21(25)14-20-17-8-7-15-13-16(24(4)5)9-11-22(15,2)19(17)10-12-23(18,20)3/h6,15-17,19-20H,7-14H2,1-5H3/b18-6-/t15?,16-,17+,19-,20-,22-,23+/m0/s1. The molecule has 1 unspecified atom stereocenters. The van der Waals surface area contributed by atoms with Crippen LogP contribution in [0.2, 0.25) is 0 Å². The largest absolute Gasteiger partial charge is 0.306 e. The van der Waals surface area contributed by atoms with E-state index in [0.29, 0.717) is 17.1 Å². The van der Waals surface area contributed by atoms with Gasteiger partial charge in [-0.1, -0.05) is 19.9 Å². The third-order valence-electron chi connectivity index (χ3n) is 9.37. The van der Waals surface area contributed by atoms with E-state index in [0.717, 1.165) is 30.2 Å². The number of allylic oxidation sites excluding steroid dienone is 2. The van der Waals surface area contributed by atoms with Crippen molar-refractivity contribution < 1.29 is 4.79 Å². The average Bonchev–Trinajstić information content (AvgIpc) is 2.83. The Kier molecular flexibility index (Phi) is 4.22. The Morgan fingerprint density at radius 1 is 1.04 bits per heavy atom. The van der Waals surface area contributed by atoms with Crippen molar-refractivity contribution in [1.29, 1.82) is 0 Å². The van der Waals surface area contributed by atoms with Gasteiger partial charge in [-0.05, 0) is 106 Å². The Labute approximate surface area is 154 Å². The summed E-state index contributed by atoms with van der Waals surface area (Å²) in [6.45, 7) is 7.11. The van der Waals surface area contributed by atoms with Crippen LogP contribution in [-0.2, 0) is 4.79 Å². The summed E-state index contributed by atoms with van der Waals surface area (Å²) in [4.78, 5) is 15.1. The SMILES string of the molecule is C/C=C1/C(=O)C[C@H]2[C@@H]3CCC4C[C@@H](N(C)C)CC[C@]4(C)[C@H]3CC[C@]12C. The van der Waals surface area contributed by atoms with Crippen molar-refractivity contribution in [3.05, 3.63) is 11.6 Å². The summed E-state index contributed by atoms with van der Waals surface area (Å²) in [5.74, 6) is 3.62. The minimum atomic E-state index is 0.178. The number of carbonyl (C=O) groups is 1. The molecule has 4 saturated carbocycles. The highest BCUT2D eigenvalue weighted by Crippen LogP contribution is 2.66. The van der Waals surface area contributed by atoms with Crippen LogP contribution in [0, 0.1) is 34.5 Å². The molecule has 0 bridgehead atoms. The number of fused-ring (bicyclic) bond motifs is 5. The lowest BCUT2D eigenvalue weighted by molar-refractivity contribution is -0.117. The zero-order valence-electron chi connectivity index (χ0n) is 17.0. The van der Waals surface area contributed by atoms with E-state index in [1.54, 1.807) is 0 Å². The van der Waals surface area contributed by atoms with Gasteiger partial charge in [0.2, 0.25) is 0 Å². The molecule has 0 aromatic carbocycles. The van der Waals surface area contributed by atoms with Crippen molar-refractivity contribution in [2.24, 2.45) is 34.5 Å². The highest BCUT2D eigenvalue weighted by molar-refractivity contribution is 5.99. The third-order valence-corrected chi connectivity index (χ3v) is 9.37. The van der Waals surface area contributed by atoms with E-state index < -0.39 is 0 Å². The van der Waals surface area contributed by atoms with Crippen LogP contribution in [0.3, 0.4) is 0 Å². The van der Waals surface area contributed by atoms with Crippen molar-refractivity contribution in [2.75, 3.05) is 14.1 Å². The fourth-order valence-electron chi connectivity index (χ4n) is 7.85. The number of hydrogen-bond donors (Lipinski definition) is 0. The Bertz CT molecular complexity index is 593. The van der Waals surface area contributed by atoms with Crippen LogP contribution in [-0.4, -0.2) is 30.8 Å². The maximum atomic E-state index is 12.7. The predicted molar refractivity (Wildman–Crippen MR) is 103 cm³/mol. The second-order valence-corrected chi connectivity index (χ2v) is 10.3. The van der Waals surface area contributed by atoms with Gasteiger partial charge in [-0.2, -0.15) is 0 Å². The molecule has 2 nitrogen and oxygen atoms in total.